The lowest BCUT2D eigenvalue weighted by Crippen LogP contribution is -2.43. The van der Waals surface area contributed by atoms with Gasteiger partial charge in [-0.25, -0.2) is 0 Å². The molecule has 0 unspecified atom stereocenters. The Morgan fingerprint density at radius 3 is 1.68 bits per heavy atom. The van der Waals surface area contributed by atoms with Crippen molar-refractivity contribution in [1.82, 2.24) is 0 Å². The van der Waals surface area contributed by atoms with Crippen molar-refractivity contribution in [1.29, 1.82) is 0 Å². The molecule has 3 rings (SSSR count). The minimum atomic E-state index is 0.209. The van der Waals surface area contributed by atoms with E-state index in [9.17, 15) is 0 Å². The van der Waals surface area contributed by atoms with Crippen LogP contribution in [-0.4, -0.2) is 39.6 Å². The quantitative estimate of drug-likeness (QED) is 0.740. The molecule has 0 N–H and O–H groups in total. The predicted octanol–water partition coefficient (Wildman–Crippen LogP) is 2.79. The highest BCUT2D eigenvalue weighted by molar-refractivity contribution is 5.22. The van der Waals surface area contributed by atoms with Crippen LogP contribution in [0.4, 0.5) is 0 Å². The first-order chi connectivity index (χ1) is 10.6. The summed E-state index contributed by atoms with van der Waals surface area (Å²) in [6.45, 7) is 10.4. The minimum absolute atomic E-state index is 0.209. The number of ether oxygens (including phenoxy) is 4. The van der Waals surface area contributed by atoms with Crippen LogP contribution in [0.2, 0.25) is 0 Å². The fourth-order valence-electron chi connectivity index (χ4n) is 2.71. The van der Waals surface area contributed by atoms with Crippen molar-refractivity contribution in [2.45, 2.75) is 27.1 Å². The molecule has 2 aliphatic rings. The largest absolute Gasteiger partial charge is 0.380 e. The molecule has 2 saturated heterocycles. The maximum atomic E-state index is 5.83. The molecule has 0 bridgehead atoms. The fraction of sp³-hybridized carbons (Fsp3) is 0.667. The van der Waals surface area contributed by atoms with Crippen molar-refractivity contribution < 1.29 is 18.9 Å². The molecule has 1 aromatic rings. The van der Waals surface area contributed by atoms with Crippen LogP contribution in [0.1, 0.15) is 25.0 Å². The lowest BCUT2D eigenvalue weighted by Gasteiger charge is -2.37. The second kappa shape index (κ2) is 6.67. The molecule has 0 aliphatic carbocycles. The maximum Gasteiger partial charge on any atom is 0.0717 e. The van der Waals surface area contributed by atoms with Crippen molar-refractivity contribution >= 4 is 0 Å². The van der Waals surface area contributed by atoms with Gasteiger partial charge in [-0.05, 0) is 11.1 Å². The highest BCUT2D eigenvalue weighted by atomic mass is 16.5. The second-order valence-electron chi connectivity index (χ2n) is 7.41. The van der Waals surface area contributed by atoms with E-state index in [1.54, 1.807) is 0 Å². The van der Waals surface area contributed by atoms with E-state index < -0.39 is 0 Å². The summed E-state index contributed by atoms with van der Waals surface area (Å²) in [6, 6.07) is 8.44. The molecule has 1 aromatic carbocycles. The van der Waals surface area contributed by atoms with Crippen LogP contribution < -0.4 is 0 Å². The molecule has 0 aromatic heterocycles. The molecule has 0 amide bonds. The average molecular weight is 306 g/mol. The third kappa shape index (κ3) is 4.07. The summed E-state index contributed by atoms with van der Waals surface area (Å²) in [5, 5.41) is 0. The molecular weight excluding hydrogens is 280 g/mol. The standard InChI is InChI=1S/C18H26O4/c1-17(11-21-12-17)9-19-7-15-4-3-5-16(6-15)8-20-10-18(2)13-22-14-18/h3-6H,7-14H2,1-2H3. The van der Waals surface area contributed by atoms with E-state index in [1.807, 2.05) is 0 Å². The smallest absolute Gasteiger partial charge is 0.0717 e. The van der Waals surface area contributed by atoms with Crippen molar-refractivity contribution in [2.24, 2.45) is 10.8 Å². The zero-order valence-electron chi connectivity index (χ0n) is 13.6. The third-order valence-corrected chi connectivity index (χ3v) is 4.23. The summed E-state index contributed by atoms with van der Waals surface area (Å²) in [5.41, 5.74) is 2.81. The van der Waals surface area contributed by atoms with Gasteiger partial charge in [0, 0.05) is 10.8 Å². The summed E-state index contributed by atoms with van der Waals surface area (Å²) in [7, 11) is 0. The first-order valence-corrected chi connectivity index (χ1v) is 7.96. The van der Waals surface area contributed by atoms with Gasteiger partial charge in [0.25, 0.3) is 0 Å². The summed E-state index contributed by atoms with van der Waals surface area (Å²) in [6.07, 6.45) is 0. The molecule has 2 fully saturated rings. The Morgan fingerprint density at radius 1 is 0.864 bits per heavy atom. The molecule has 0 radical (unpaired) electrons. The Bertz CT molecular complexity index is 450. The van der Waals surface area contributed by atoms with Gasteiger partial charge in [0.1, 0.15) is 0 Å². The van der Waals surface area contributed by atoms with E-state index in [2.05, 4.69) is 38.1 Å². The fourth-order valence-corrected chi connectivity index (χ4v) is 2.71. The van der Waals surface area contributed by atoms with Crippen LogP contribution in [0.25, 0.3) is 0 Å². The Labute approximate surface area is 132 Å². The lowest BCUT2D eigenvalue weighted by atomic mass is 9.90. The maximum absolute atomic E-state index is 5.83. The topological polar surface area (TPSA) is 36.9 Å². The summed E-state index contributed by atoms with van der Waals surface area (Å²) in [4.78, 5) is 0. The van der Waals surface area contributed by atoms with E-state index >= 15 is 0 Å². The SMILES string of the molecule is CC1(COCc2cccc(COCC3(C)COC3)c2)COC1. The van der Waals surface area contributed by atoms with Crippen molar-refractivity contribution in [3.05, 3.63) is 35.4 Å². The molecule has 4 heteroatoms. The Morgan fingerprint density at radius 2 is 1.32 bits per heavy atom. The molecular formula is C18H26O4. The van der Waals surface area contributed by atoms with Gasteiger partial charge < -0.3 is 18.9 Å². The van der Waals surface area contributed by atoms with Crippen molar-refractivity contribution in [2.75, 3.05) is 39.6 Å². The molecule has 122 valence electrons. The average Bonchev–Trinajstić information content (AvgIpc) is 2.44. The summed E-state index contributed by atoms with van der Waals surface area (Å²) in [5.74, 6) is 0. The monoisotopic (exact) mass is 306 g/mol. The summed E-state index contributed by atoms with van der Waals surface area (Å²) >= 11 is 0. The van der Waals surface area contributed by atoms with Crippen LogP contribution in [0.5, 0.6) is 0 Å². The van der Waals surface area contributed by atoms with Crippen LogP contribution in [-0.2, 0) is 32.2 Å². The number of rotatable bonds is 8. The molecule has 0 saturated carbocycles. The van der Waals surface area contributed by atoms with E-state index in [1.165, 1.54) is 11.1 Å². The van der Waals surface area contributed by atoms with Crippen LogP contribution in [0.3, 0.4) is 0 Å². The zero-order chi connectivity index (χ0) is 15.5. The first kappa shape index (κ1) is 15.9. The first-order valence-electron chi connectivity index (χ1n) is 7.96. The lowest BCUT2D eigenvalue weighted by molar-refractivity contribution is -0.140. The van der Waals surface area contributed by atoms with Gasteiger partial charge in [0.05, 0.1) is 52.9 Å². The normalized spacial score (nSPS) is 21.9. The Balaban J connectivity index is 1.41. The summed E-state index contributed by atoms with van der Waals surface area (Å²) < 4.78 is 22.1. The van der Waals surface area contributed by atoms with Gasteiger partial charge in [-0.2, -0.15) is 0 Å². The van der Waals surface area contributed by atoms with Gasteiger partial charge in [0.2, 0.25) is 0 Å². The highest BCUT2D eigenvalue weighted by Gasteiger charge is 2.34. The third-order valence-electron chi connectivity index (χ3n) is 4.23. The number of hydrogen-bond donors (Lipinski definition) is 0. The minimum Gasteiger partial charge on any atom is -0.380 e. The molecule has 22 heavy (non-hydrogen) atoms. The molecule has 0 atom stereocenters. The highest BCUT2D eigenvalue weighted by Crippen LogP contribution is 2.28. The van der Waals surface area contributed by atoms with Gasteiger partial charge >= 0.3 is 0 Å². The molecule has 2 heterocycles. The van der Waals surface area contributed by atoms with E-state index in [4.69, 9.17) is 18.9 Å². The molecule has 4 nitrogen and oxygen atoms in total. The molecule has 2 aliphatic heterocycles. The van der Waals surface area contributed by atoms with Crippen LogP contribution in [0.15, 0.2) is 24.3 Å². The van der Waals surface area contributed by atoms with Gasteiger partial charge in [-0.15, -0.1) is 0 Å². The van der Waals surface area contributed by atoms with E-state index in [0.717, 1.165) is 39.6 Å². The van der Waals surface area contributed by atoms with E-state index in [-0.39, 0.29) is 10.8 Å². The predicted molar refractivity (Wildman–Crippen MR) is 83.6 cm³/mol. The second-order valence-corrected chi connectivity index (χ2v) is 7.41. The van der Waals surface area contributed by atoms with Gasteiger partial charge in [0.15, 0.2) is 0 Å². The molecule has 0 spiro atoms. The zero-order valence-corrected chi connectivity index (χ0v) is 13.6. The Kier molecular flexibility index (Phi) is 4.83. The van der Waals surface area contributed by atoms with Crippen molar-refractivity contribution in [3.63, 3.8) is 0 Å². The van der Waals surface area contributed by atoms with E-state index in [0.29, 0.717) is 13.2 Å². The number of hydrogen-bond acceptors (Lipinski definition) is 4. The van der Waals surface area contributed by atoms with Gasteiger partial charge in [-0.3, -0.25) is 0 Å². The van der Waals surface area contributed by atoms with Crippen LogP contribution in [0, 0.1) is 10.8 Å². The number of benzene rings is 1. The van der Waals surface area contributed by atoms with Crippen molar-refractivity contribution in [3.8, 4) is 0 Å². The van der Waals surface area contributed by atoms with Gasteiger partial charge in [-0.1, -0.05) is 38.1 Å². The van der Waals surface area contributed by atoms with Crippen LogP contribution >= 0.6 is 0 Å². The Hall–Kier alpha value is -0.940.